The Labute approximate surface area is 128 Å². The molecule has 2 aromatic rings. The molecule has 0 aromatic heterocycles. The van der Waals surface area contributed by atoms with Gasteiger partial charge >= 0.3 is 0 Å². The summed E-state index contributed by atoms with van der Waals surface area (Å²) in [6, 6.07) is 9.50. The number of carbonyl (C=O) groups excluding carboxylic acids is 1. The highest BCUT2D eigenvalue weighted by atomic mass is 35.5. The average molecular weight is 328 g/mol. The van der Waals surface area contributed by atoms with Crippen molar-refractivity contribution < 1.29 is 9.72 Å². The van der Waals surface area contributed by atoms with Gasteiger partial charge < -0.3 is 0 Å². The van der Waals surface area contributed by atoms with E-state index in [1.165, 1.54) is 23.9 Å². The van der Waals surface area contributed by atoms with Gasteiger partial charge in [-0.2, -0.15) is 0 Å². The summed E-state index contributed by atoms with van der Waals surface area (Å²) >= 11 is 13.1. The van der Waals surface area contributed by atoms with Crippen molar-refractivity contribution in [2.75, 3.05) is 0 Å². The first-order valence-electron chi connectivity index (χ1n) is 5.38. The molecule has 0 saturated carbocycles. The van der Waals surface area contributed by atoms with E-state index in [-0.39, 0.29) is 11.3 Å². The maximum Gasteiger partial charge on any atom is 0.279 e. The predicted octanol–water partition coefficient (Wildman–Crippen LogP) is 4.87. The first-order valence-corrected chi connectivity index (χ1v) is 6.95. The van der Waals surface area contributed by atoms with Crippen LogP contribution in [0.2, 0.25) is 10.0 Å². The molecule has 4 nitrogen and oxygen atoms in total. The smallest absolute Gasteiger partial charge is 0.279 e. The van der Waals surface area contributed by atoms with Gasteiger partial charge in [-0.05, 0) is 30.3 Å². The number of halogens is 2. The van der Waals surface area contributed by atoms with Crippen molar-refractivity contribution in [3.63, 3.8) is 0 Å². The van der Waals surface area contributed by atoms with Gasteiger partial charge in [-0.1, -0.05) is 35.0 Å². The highest BCUT2D eigenvalue weighted by Gasteiger charge is 2.14. The van der Waals surface area contributed by atoms with Gasteiger partial charge in [0.2, 0.25) is 0 Å². The van der Waals surface area contributed by atoms with Crippen LogP contribution in [-0.2, 0) is 0 Å². The van der Waals surface area contributed by atoms with Crippen molar-refractivity contribution in [3.8, 4) is 0 Å². The number of nitro benzene ring substituents is 1. The minimum Gasteiger partial charge on any atom is -0.298 e. The lowest BCUT2D eigenvalue weighted by Gasteiger charge is -2.04. The monoisotopic (exact) mass is 327 g/mol. The number of rotatable bonds is 4. The molecule has 0 N–H and O–H groups in total. The fourth-order valence-electron chi connectivity index (χ4n) is 1.53. The summed E-state index contributed by atoms with van der Waals surface area (Å²) < 4.78 is 0. The van der Waals surface area contributed by atoms with Crippen LogP contribution in [0.5, 0.6) is 0 Å². The predicted molar refractivity (Wildman–Crippen MR) is 79.1 cm³/mol. The molecule has 0 aliphatic rings. The van der Waals surface area contributed by atoms with Crippen molar-refractivity contribution in [3.05, 3.63) is 62.1 Å². The Bertz CT molecular complexity index is 691. The van der Waals surface area contributed by atoms with E-state index < -0.39 is 4.92 Å². The van der Waals surface area contributed by atoms with Crippen LogP contribution in [0.15, 0.2) is 46.2 Å². The molecule has 2 rings (SSSR count). The van der Waals surface area contributed by atoms with Gasteiger partial charge in [-0.3, -0.25) is 14.9 Å². The molecule has 7 heteroatoms. The van der Waals surface area contributed by atoms with Gasteiger partial charge in [0.05, 0.1) is 20.5 Å². The third-order valence-electron chi connectivity index (χ3n) is 2.45. The fourth-order valence-corrected chi connectivity index (χ4v) is 2.80. The number of nitrogens with zero attached hydrogens (tertiary/aromatic N) is 1. The first kappa shape index (κ1) is 14.8. The van der Waals surface area contributed by atoms with E-state index in [0.717, 1.165) is 4.90 Å². The highest BCUT2D eigenvalue weighted by Crippen LogP contribution is 2.34. The van der Waals surface area contributed by atoms with Crippen LogP contribution < -0.4 is 0 Å². The van der Waals surface area contributed by atoms with Crippen LogP contribution in [-0.4, -0.2) is 11.2 Å². The maximum atomic E-state index is 10.9. The summed E-state index contributed by atoms with van der Waals surface area (Å²) in [4.78, 5) is 22.6. The Morgan fingerprint density at radius 1 is 1.05 bits per heavy atom. The molecule has 0 aliphatic carbocycles. The van der Waals surface area contributed by atoms with Crippen molar-refractivity contribution in [2.45, 2.75) is 9.79 Å². The van der Waals surface area contributed by atoms with Gasteiger partial charge in [0.25, 0.3) is 5.69 Å². The zero-order valence-electron chi connectivity index (χ0n) is 9.88. The van der Waals surface area contributed by atoms with E-state index in [9.17, 15) is 14.9 Å². The number of nitro groups is 1. The SMILES string of the molecule is O=Cc1cc(Sc2ccc(Cl)c(Cl)c2)ccc1[N+](=O)[O-]. The molecule has 0 saturated heterocycles. The molecule has 0 aliphatic heterocycles. The Kier molecular flexibility index (Phi) is 4.65. The average Bonchev–Trinajstić information content (AvgIpc) is 2.42. The van der Waals surface area contributed by atoms with Crippen LogP contribution >= 0.6 is 35.0 Å². The largest absolute Gasteiger partial charge is 0.298 e. The van der Waals surface area contributed by atoms with Crippen LogP contribution in [0, 0.1) is 10.1 Å². The number of hydrogen-bond acceptors (Lipinski definition) is 4. The van der Waals surface area contributed by atoms with Gasteiger partial charge in [0, 0.05) is 15.9 Å². The first-order chi connectivity index (χ1) is 9.51. The summed E-state index contributed by atoms with van der Waals surface area (Å²) in [5, 5.41) is 11.6. The highest BCUT2D eigenvalue weighted by molar-refractivity contribution is 7.99. The Hall–Kier alpha value is -1.56. The Morgan fingerprint density at radius 3 is 2.30 bits per heavy atom. The summed E-state index contributed by atoms with van der Waals surface area (Å²) in [6.45, 7) is 0. The molecule has 2 aromatic carbocycles. The van der Waals surface area contributed by atoms with E-state index in [4.69, 9.17) is 23.2 Å². The molecule has 102 valence electrons. The molecule has 0 atom stereocenters. The van der Waals surface area contributed by atoms with Crippen molar-refractivity contribution in [2.24, 2.45) is 0 Å². The lowest BCUT2D eigenvalue weighted by molar-refractivity contribution is -0.385. The molecule has 0 amide bonds. The van der Waals surface area contributed by atoms with Crippen LogP contribution in [0.4, 0.5) is 5.69 Å². The van der Waals surface area contributed by atoms with Crippen LogP contribution in [0.1, 0.15) is 10.4 Å². The molecule has 0 radical (unpaired) electrons. The Balaban J connectivity index is 2.32. The summed E-state index contributed by atoms with van der Waals surface area (Å²) in [5.74, 6) is 0. The minimum absolute atomic E-state index is 0.0417. The summed E-state index contributed by atoms with van der Waals surface area (Å²) in [5.41, 5.74) is -0.168. The van der Waals surface area contributed by atoms with Gasteiger partial charge in [0.15, 0.2) is 6.29 Å². The zero-order valence-corrected chi connectivity index (χ0v) is 12.2. The second-order valence-corrected chi connectivity index (χ2v) is 5.73. The van der Waals surface area contributed by atoms with E-state index >= 15 is 0 Å². The van der Waals surface area contributed by atoms with Crippen LogP contribution in [0.3, 0.4) is 0 Å². The van der Waals surface area contributed by atoms with Crippen LogP contribution in [0.25, 0.3) is 0 Å². The van der Waals surface area contributed by atoms with E-state index in [1.807, 2.05) is 0 Å². The van der Waals surface area contributed by atoms with E-state index in [2.05, 4.69) is 0 Å². The zero-order chi connectivity index (χ0) is 14.7. The molecule has 0 unspecified atom stereocenters. The maximum absolute atomic E-state index is 10.9. The fraction of sp³-hybridized carbons (Fsp3) is 0. The van der Waals surface area contributed by atoms with Gasteiger partial charge in [-0.15, -0.1) is 0 Å². The number of hydrogen-bond donors (Lipinski definition) is 0. The molecule has 0 bridgehead atoms. The molecule has 0 fully saturated rings. The molecular formula is C13H7Cl2NO3S. The molecular weight excluding hydrogens is 321 g/mol. The standard InChI is InChI=1S/C13H7Cl2NO3S/c14-11-3-1-10(6-12(11)15)20-9-2-4-13(16(18)19)8(5-9)7-17/h1-7H. The number of carbonyl (C=O) groups is 1. The second kappa shape index (κ2) is 6.26. The third kappa shape index (κ3) is 3.30. The normalized spacial score (nSPS) is 10.3. The molecule has 0 spiro atoms. The lowest BCUT2D eigenvalue weighted by atomic mass is 10.2. The quantitative estimate of drug-likeness (QED) is 0.456. The van der Waals surface area contributed by atoms with Gasteiger partial charge in [-0.25, -0.2) is 0 Å². The topological polar surface area (TPSA) is 60.2 Å². The van der Waals surface area contributed by atoms with Crippen molar-refractivity contribution in [1.29, 1.82) is 0 Å². The Morgan fingerprint density at radius 2 is 1.70 bits per heavy atom. The van der Waals surface area contributed by atoms with Crippen molar-refractivity contribution >= 4 is 46.9 Å². The number of aldehydes is 1. The van der Waals surface area contributed by atoms with E-state index in [1.54, 1.807) is 24.3 Å². The lowest BCUT2D eigenvalue weighted by Crippen LogP contribution is -1.94. The molecule has 20 heavy (non-hydrogen) atoms. The number of benzene rings is 2. The minimum atomic E-state index is -0.586. The van der Waals surface area contributed by atoms with Gasteiger partial charge in [0.1, 0.15) is 0 Å². The third-order valence-corrected chi connectivity index (χ3v) is 4.17. The summed E-state index contributed by atoms with van der Waals surface area (Å²) in [6.07, 6.45) is 0.469. The molecule has 0 heterocycles. The second-order valence-electron chi connectivity index (χ2n) is 3.77. The van der Waals surface area contributed by atoms with E-state index in [0.29, 0.717) is 21.2 Å². The van der Waals surface area contributed by atoms with Crippen molar-refractivity contribution in [1.82, 2.24) is 0 Å². The summed E-state index contributed by atoms with van der Waals surface area (Å²) in [7, 11) is 0.